The summed E-state index contributed by atoms with van der Waals surface area (Å²) in [6, 6.07) is 1.51. The maximum atomic E-state index is 11.5. The van der Waals surface area contributed by atoms with E-state index in [-0.39, 0.29) is 5.82 Å². The van der Waals surface area contributed by atoms with Crippen LogP contribution < -0.4 is 5.73 Å². The van der Waals surface area contributed by atoms with Crippen LogP contribution in [0.3, 0.4) is 0 Å². The Bertz CT molecular complexity index is 434. The number of carbonyl (C=O) groups is 2. The van der Waals surface area contributed by atoms with Crippen LogP contribution in [0.25, 0.3) is 0 Å². The van der Waals surface area contributed by atoms with Crippen molar-refractivity contribution in [3.8, 4) is 0 Å². The molecule has 0 saturated heterocycles. The monoisotopic (exact) mass is 242 g/mol. The van der Waals surface area contributed by atoms with E-state index in [4.69, 9.17) is 17.3 Å². The van der Waals surface area contributed by atoms with Gasteiger partial charge in [-0.15, -0.1) is 0 Å². The van der Waals surface area contributed by atoms with Gasteiger partial charge in [0.2, 0.25) is 5.78 Å². The van der Waals surface area contributed by atoms with E-state index >= 15 is 0 Å². The predicted octanol–water partition coefficient (Wildman–Crippen LogP) is 1.16. The number of nitrogens with zero attached hydrogens (tertiary/aromatic N) is 1. The first kappa shape index (κ1) is 12.4. The number of carbonyl (C=O) groups excluding carboxylic acids is 2. The minimum absolute atomic E-state index is 0.175. The van der Waals surface area contributed by atoms with Crippen LogP contribution in [0, 0.1) is 0 Å². The third kappa shape index (κ3) is 2.49. The van der Waals surface area contributed by atoms with E-state index in [0.29, 0.717) is 10.6 Å². The molecular weight excluding hydrogens is 232 g/mol. The van der Waals surface area contributed by atoms with Crippen molar-refractivity contribution in [2.45, 2.75) is 12.8 Å². The van der Waals surface area contributed by atoms with Gasteiger partial charge in [0, 0.05) is 11.8 Å². The van der Waals surface area contributed by atoms with Gasteiger partial charge in [0.05, 0.1) is 18.1 Å². The minimum atomic E-state index is -0.910. The molecule has 0 radical (unpaired) electrons. The van der Waals surface area contributed by atoms with Crippen LogP contribution in [0.1, 0.15) is 18.4 Å². The third-order valence-corrected chi connectivity index (χ3v) is 2.37. The van der Waals surface area contributed by atoms with E-state index in [0.717, 1.165) is 7.11 Å². The second-order valence-corrected chi connectivity index (χ2v) is 3.64. The number of anilines is 1. The number of nitrogens with two attached hydrogens (primary N) is 1. The molecule has 6 heteroatoms. The normalized spacial score (nSPS) is 11.9. The first-order valence-electron chi connectivity index (χ1n) is 4.50. The molecule has 0 aliphatic rings. The van der Waals surface area contributed by atoms with Gasteiger partial charge in [0.15, 0.2) is 0 Å². The van der Waals surface area contributed by atoms with Gasteiger partial charge in [-0.2, -0.15) is 0 Å². The number of halogens is 1. The quantitative estimate of drug-likeness (QED) is 0.635. The Labute approximate surface area is 97.6 Å². The lowest BCUT2D eigenvalue weighted by Crippen LogP contribution is -2.22. The average Bonchev–Trinajstić information content (AvgIpc) is 2.29. The molecule has 0 bridgehead atoms. The molecular formula is C10H11ClN2O3. The number of ether oxygens (including phenoxy) is 1. The van der Waals surface area contributed by atoms with Crippen molar-refractivity contribution in [2.75, 3.05) is 12.8 Å². The van der Waals surface area contributed by atoms with E-state index < -0.39 is 17.7 Å². The van der Waals surface area contributed by atoms with Gasteiger partial charge in [0.1, 0.15) is 5.82 Å². The summed E-state index contributed by atoms with van der Waals surface area (Å²) in [6.45, 7) is 1.54. The molecule has 1 heterocycles. The first-order valence-corrected chi connectivity index (χ1v) is 4.88. The summed E-state index contributed by atoms with van der Waals surface area (Å²) >= 11 is 5.73. The lowest BCUT2D eigenvalue weighted by Gasteiger charge is -2.11. The molecule has 1 aromatic rings. The highest BCUT2D eigenvalue weighted by atomic mass is 35.5. The van der Waals surface area contributed by atoms with E-state index in [1.54, 1.807) is 6.92 Å². The highest BCUT2D eigenvalue weighted by Gasteiger charge is 2.25. The molecule has 0 fully saturated rings. The second-order valence-electron chi connectivity index (χ2n) is 3.21. The molecule has 0 aromatic carbocycles. The number of nitrogen functional groups attached to an aromatic ring is 1. The molecule has 0 amide bonds. The molecule has 0 spiro atoms. The van der Waals surface area contributed by atoms with Crippen molar-refractivity contribution >= 4 is 29.2 Å². The SMILES string of the molecule is COC(=O)C(=O)C(C)c1cc(Cl)cnc1N. The van der Waals surface area contributed by atoms with Crippen LogP contribution in [0.4, 0.5) is 5.82 Å². The fourth-order valence-electron chi connectivity index (χ4n) is 1.23. The van der Waals surface area contributed by atoms with Crippen molar-refractivity contribution in [1.82, 2.24) is 4.98 Å². The lowest BCUT2D eigenvalue weighted by molar-refractivity contribution is -0.152. The zero-order chi connectivity index (χ0) is 12.3. The van der Waals surface area contributed by atoms with Gasteiger partial charge in [0.25, 0.3) is 0 Å². The molecule has 0 aliphatic carbocycles. The van der Waals surface area contributed by atoms with Crippen LogP contribution in [0.5, 0.6) is 0 Å². The van der Waals surface area contributed by atoms with Gasteiger partial charge >= 0.3 is 5.97 Å². The smallest absolute Gasteiger partial charge is 0.374 e. The summed E-state index contributed by atoms with van der Waals surface area (Å²) in [4.78, 5) is 26.4. The topological polar surface area (TPSA) is 82.3 Å². The van der Waals surface area contributed by atoms with Crippen molar-refractivity contribution < 1.29 is 14.3 Å². The highest BCUT2D eigenvalue weighted by Crippen LogP contribution is 2.24. The summed E-state index contributed by atoms with van der Waals surface area (Å²) in [7, 11) is 1.15. The number of ketones is 1. The van der Waals surface area contributed by atoms with Crippen LogP contribution >= 0.6 is 11.6 Å². The zero-order valence-corrected chi connectivity index (χ0v) is 9.62. The Balaban J connectivity index is 3.04. The summed E-state index contributed by atoms with van der Waals surface area (Å²) in [5.41, 5.74) is 6.02. The number of methoxy groups -OCH3 is 1. The van der Waals surface area contributed by atoms with Crippen LogP contribution in [-0.2, 0) is 14.3 Å². The van der Waals surface area contributed by atoms with Crippen molar-refractivity contribution in [3.63, 3.8) is 0 Å². The standard InChI is InChI=1S/C10H11ClN2O3/c1-5(8(14)10(15)16-2)7-3-6(11)4-13-9(7)12/h3-5H,1-2H3,(H2,12,13). The zero-order valence-electron chi connectivity index (χ0n) is 8.86. The summed E-state index contributed by atoms with van der Waals surface area (Å²) < 4.78 is 4.34. The second kappa shape index (κ2) is 4.94. The van der Waals surface area contributed by atoms with E-state index in [1.807, 2.05) is 0 Å². The molecule has 1 rings (SSSR count). The number of hydrogen-bond donors (Lipinski definition) is 1. The number of pyridine rings is 1. The average molecular weight is 243 g/mol. The van der Waals surface area contributed by atoms with E-state index in [2.05, 4.69) is 9.72 Å². The maximum absolute atomic E-state index is 11.5. The number of rotatable bonds is 3. The molecule has 0 saturated carbocycles. The predicted molar refractivity (Wildman–Crippen MR) is 59.1 cm³/mol. The highest BCUT2D eigenvalue weighted by molar-refractivity contribution is 6.36. The van der Waals surface area contributed by atoms with Gasteiger partial charge in [-0.3, -0.25) is 4.79 Å². The molecule has 86 valence electrons. The van der Waals surface area contributed by atoms with Gasteiger partial charge in [-0.25, -0.2) is 9.78 Å². The van der Waals surface area contributed by atoms with Crippen molar-refractivity contribution in [3.05, 3.63) is 22.8 Å². The maximum Gasteiger partial charge on any atom is 0.374 e. The summed E-state index contributed by atoms with van der Waals surface area (Å²) in [5, 5.41) is 0.355. The lowest BCUT2D eigenvalue weighted by atomic mass is 9.97. The van der Waals surface area contributed by atoms with Gasteiger partial charge < -0.3 is 10.5 Å². The Morgan fingerprint density at radius 1 is 1.56 bits per heavy atom. The van der Waals surface area contributed by atoms with Gasteiger partial charge in [-0.1, -0.05) is 18.5 Å². The third-order valence-electron chi connectivity index (χ3n) is 2.16. The van der Waals surface area contributed by atoms with E-state index in [1.165, 1.54) is 12.3 Å². The minimum Gasteiger partial charge on any atom is -0.463 e. The fourth-order valence-corrected chi connectivity index (χ4v) is 1.40. The Kier molecular flexibility index (Phi) is 3.84. The number of aromatic nitrogens is 1. The molecule has 1 aromatic heterocycles. The van der Waals surface area contributed by atoms with E-state index in [9.17, 15) is 9.59 Å². The molecule has 5 nitrogen and oxygen atoms in total. The number of Topliss-reactive ketones (excluding diaryl/α,β-unsaturated/α-hetero) is 1. The van der Waals surface area contributed by atoms with Crippen molar-refractivity contribution in [1.29, 1.82) is 0 Å². The fraction of sp³-hybridized carbons (Fsp3) is 0.300. The first-order chi connectivity index (χ1) is 7.47. The van der Waals surface area contributed by atoms with Crippen LogP contribution in [-0.4, -0.2) is 23.8 Å². The Morgan fingerprint density at radius 2 is 2.19 bits per heavy atom. The number of hydrogen-bond acceptors (Lipinski definition) is 5. The number of esters is 1. The van der Waals surface area contributed by atoms with Crippen molar-refractivity contribution in [2.24, 2.45) is 0 Å². The Hall–Kier alpha value is -1.62. The summed E-state index contributed by atoms with van der Waals surface area (Å²) in [5.74, 6) is -2.14. The van der Waals surface area contributed by atoms with Crippen LogP contribution in [0.15, 0.2) is 12.3 Å². The molecule has 0 aliphatic heterocycles. The summed E-state index contributed by atoms with van der Waals surface area (Å²) in [6.07, 6.45) is 1.37. The molecule has 2 N–H and O–H groups in total. The molecule has 1 unspecified atom stereocenters. The Morgan fingerprint density at radius 3 is 2.75 bits per heavy atom. The van der Waals surface area contributed by atoms with Gasteiger partial charge in [-0.05, 0) is 6.07 Å². The largest absolute Gasteiger partial charge is 0.463 e. The molecule has 16 heavy (non-hydrogen) atoms. The van der Waals surface area contributed by atoms with Crippen LogP contribution in [0.2, 0.25) is 5.02 Å². The molecule has 1 atom stereocenters.